The molecule has 3 heterocycles. The van der Waals surface area contributed by atoms with Crippen molar-refractivity contribution in [2.24, 2.45) is 0 Å². The summed E-state index contributed by atoms with van der Waals surface area (Å²) in [7, 11) is 0. The number of hydrogen-bond acceptors (Lipinski definition) is 4. The monoisotopic (exact) mass is 419 g/mol. The van der Waals surface area contributed by atoms with Crippen LogP contribution in [0.2, 0.25) is 0 Å². The molecule has 0 aromatic carbocycles. The van der Waals surface area contributed by atoms with Crippen LogP contribution in [0.5, 0.6) is 0 Å². The second kappa shape index (κ2) is 8.31. The van der Waals surface area contributed by atoms with Crippen molar-refractivity contribution in [2.75, 3.05) is 26.2 Å². The fourth-order valence-electron chi connectivity index (χ4n) is 3.39. The lowest BCUT2D eigenvalue weighted by Crippen LogP contribution is -2.36. The second-order valence-electron chi connectivity index (χ2n) is 6.76. The Labute approximate surface area is 163 Å². The van der Waals surface area contributed by atoms with E-state index in [1.807, 2.05) is 31.7 Å². The van der Waals surface area contributed by atoms with Crippen molar-refractivity contribution in [1.29, 1.82) is 0 Å². The minimum atomic E-state index is 0.0647. The first kappa shape index (κ1) is 19.0. The number of pyridine rings is 1. The average molecular weight is 420 g/mol. The fraction of sp³-hybridized carbons (Fsp3) is 0.526. The molecule has 0 unspecified atom stereocenters. The number of carbonyl (C=O) groups is 1. The van der Waals surface area contributed by atoms with Gasteiger partial charge in [0.25, 0.3) is 5.91 Å². The van der Waals surface area contributed by atoms with Crippen LogP contribution in [-0.4, -0.2) is 56.7 Å². The molecule has 1 aliphatic rings. The molecule has 0 spiro atoms. The lowest BCUT2D eigenvalue weighted by molar-refractivity contribution is 0.0747. The summed E-state index contributed by atoms with van der Waals surface area (Å²) in [5, 5.41) is 4.45. The molecule has 0 saturated carbocycles. The third-order valence-corrected chi connectivity index (χ3v) is 5.71. The predicted octanol–water partition coefficient (Wildman–Crippen LogP) is 3.03. The summed E-state index contributed by atoms with van der Waals surface area (Å²) in [6.07, 6.45) is 0.967. The second-order valence-corrected chi connectivity index (χ2v) is 7.55. The van der Waals surface area contributed by atoms with Gasteiger partial charge in [0, 0.05) is 45.0 Å². The number of amides is 1. The normalized spacial score (nSPS) is 15.9. The zero-order valence-electron chi connectivity index (χ0n) is 15.7. The van der Waals surface area contributed by atoms with Gasteiger partial charge in [0.1, 0.15) is 5.69 Å². The van der Waals surface area contributed by atoms with Crippen molar-refractivity contribution in [1.82, 2.24) is 24.6 Å². The first-order valence-electron chi connectivity index (χ1n) is 9.16. The zero-order chi connectivity index (χ0) is 18.7. The molecule has 1 aliphatic heterocycles. The third kappa shape index (κ3) is 4.15. The van der Waals surface area contributed by atoms with E-state index in [9.17, 15) is 4.79 Å². The Morgan fingerprint density at radius 1 is 1.19 bits per heavy atom. The molecule has 2 aromatic heterocycles. The molecule has 1 saturated heterocycles. The lowest BCUT2D eigenvalue weighted by Gasteiger charge is -2.22. The minimum absolute atomic E-state index is 0.0647. The van der Waals surface area contributed by atoms with E-state index >= 15 is 0 Å². The first-order valence-corrected chi connectivity index (χ1v) is 9.96. The van der Waals surface area contributed by atoms with Crippen molar-refractivity contribution in [3.8, 4) is 0 Å². The predicted molar refractivity (Wildman–Crippen MR) is 105 cm³/mol. The van der Waals surface area contributed by atoms with Crippen LogP contribution >= 0.6 is 15.9 Å². The van der Waals surface area contributed by atoms with Crippen molar-refractivity contribution in [2.45, 2.75) is 40.3 Å². The van der Waals surface area contributed by atoms with E-state index in [0.29, 0.717) is 12.2 Å². The van der Waals surface area contributed by atoms with Crippen LogP contribution in [0.3, 0.4) is 0 Å². The van der Waals surface area contributed by atoms with Crippen LogP contribution in [0.4, 0.5) is 0 Å². The van der Waals surface area contributed by atoms with Crippen molar-refractivity contribution < 1.29 is 4.79 Å². The molecule has 140 valence electrons. The topological polar surface area (TPSA) is 54.3 Å². The van der Waals surface area contributed by atoms with Crippen molar-refractivity contribution >= 4 is 21.8 Å². The molecule has 1 amide bonds. The molecule has 0 aliphatic carbocycles. The molecule has 0 bridgehead atoms. The van der Waals surface area contributed by atoms with Gasteiger partial charge in [-0.25, -0.2) is 0 Å². The maximum atomic E-state index is 13.1. The molecule has 1 fully saturated rings. The standard InChI is InChI=1S/C19H26BrN5O/c1-4-25-18(17(20)15(3)22-25)19(26)24-10-6-9-23(11-12-24)13-16-8-5-7-14(2)21-16/h5,7-8H,4,6,9-13H2,1-3H3. The Balaban J connectivity index is 1.68. The van der Waals surface area contributed by atoms with Gasteiger partial charge >= 0.3 is 0 Å². The van der Waals surface area contributed by atoms with Gasteiger partial charge in [-0.15, -0.1) is 0 Å². The molecular formula is C19H26BrN5O. The summed E-state index contributed by atoms with van der Waals surface area (Å²) >= 11 is 3.54. The number of halogens is 1. The quantitative estimate of drug-likeness (QED) is 0.763. The minimum Gasteiger partial charge on any atom is -0.336 e. The molecule has 0 atom stereocenters. The highest BCUT2D eigenvalue weighted by Crippen LogP contribution is 2.23. The highest BCUT2D eigenvalue weighted by Gasteiger charge is 2.26. The van der Waals surface area contributed by atoms with Gasteiger partial charge in [0.05, 0.1) is 15.9 Å². The van der Waals surface area contributed by atoms with Crippen LogP contribution in [0.25, 0.3) is 0 Å². The highest BCUT2D eigenvalue weighted by molar-refractivity contribution is 9.10. The van der Waals surface area contributed by atoms with E-state index in [0.717, 1.165) is 60.7 Å². The van der Waals surface area contributed by atoms with Crippen LogP contribution < -0.4 is 0 Å². The summed E-state index contributed by atoms with van der Waals surface area (Å²) in [5.41, 5.74) is 3.66. The van der Waals surface area contributed by atoms with Gasteiger partial charge < -0.3 is 4.90 Å². The number of hydrogen-bond donors (Lipinski definition) is 0. The van der Waals surface area contributed by atoms with Gasteiger partial charge in [-0.2, -0.15) is 5.10 Å². The van der Waals surface area contributed by atoms with E-state index in [2.05, 4.69) is 43.0 Å². The number of aryl methyl sites for hydroxylation is 3. The van der Waals surface area contributed by atoms with Crippen molar-refractivity contribution in [3.63, 3.8) is 0 Å². The molecule has 3 rings (SSSR count). The Morgan fingerprint density at radius 3 is 2.73 bits per heavy atom. The first-order chi connectivity index (χ1) is 12.5. The lowest BCUT2D eigenvalue weighted by atomic mass is 10.3. The fourth-order valence-corrected chi connectivity index (χ4v) is 3.84. The third-order valence-electron chi connectivity index (χ3n) is 4.76. The van der Waals surface area contributed by atoms with E-state index in [-0.39, 0.29) is 5.91 Å². The maximum absolute atomic E-state index is 13.1. The summed E-state index contributed by atoms with van der Waals surface area (Å²) in [4.78, 5) is 22.0. The Kier molecular flexibility index (Phi) is 6.09. The van der Waals surface area contributed by atoms with Gasteiger partial charge in [-0.05, 0) is 55.3 Å². The van der Waals surface area contributed by atoms with Crippen LogP contribution in [0.1, 0.15) is 40.9 Å². The Hall–Kier alpha value is -1.73. The van der Waals surface area contributed by atoms with Crippen LogP contribution in [-0.2, 0) is 13.1 Å². The van der Waals surface area contributed by atoms with Crippen LogP contribution in [0.15, 0.2) is 22.7 Å². The summed E-state index contributed by atoms with van der Waals surface area (Å²) in [6.45, 7) is 10.8. The molecule has 0 N–H and O–H groups in total. The Morgan fingerprint density at radius 2 is 2.00 bits per heavy atom. The summed E-state index contributed by atoms with van der Waals surface area (Å²) in [6, 6.07) is 6.14. The molecule has 0 radical (unpaired) electrons. The average Bonchev–Trinajstić information content (AvgIpc) is 2.77. The van der Waals surface area contributed by atoms with Gasteiger partial charge in [-0.3, -0.25) is 19.4 Å². The summed E-state index contributed by atoms with van der Waals surface area (Å²) in [5.74, 6) is 0.0647. The van der Waals surface area contributed by atoms with Gasteiger partial charge in [0.2, 0.25) is 0 Å². The van der Waals surface area contributed by atoms with Gasteiger partial charge in [0.15, 0.2) is 0 Å². The molecule has 2 aromatic rings. The largest absolute Gasteiger partial charge is 0.336 e. The highest BCUT2D eigenvalue weighted by atomic mass is 79.9. The zero-order valence-corrected chi connectivity index (χ0v) is 17.3. The number of carbonyl (C=O) groups excluding carboxylic acids is 1. The van der Waals surface area contributed by atoms with E-state index in [1.165, 1.54) is 0 Å². The molecule has 7 heteroatoms. The Bertz CT molecular complexity index is 788. The number of aromatic nitrogens is 3. The van der Waals surface area contributed by atoms with Gasteiger partial charge in [-0.1, -0.05) is 6.07 Å². The molecule has 26 heavy (non-hydrogen) atoms. The smallest absolute Gasteiger partial charge is 0.273 e. The molecular weight excluding hydrogens is 394 g/mol. The van der Waals surface area contributed by atoms with E-state index < -0.39 is 0 Å². The van der Waals surface area contributed by atoms with E-state index in [4.69, 9.17) is 0 Å². The van der Waals surface area contributed by atoms with Crippen LogP contribution in [0, 0.1) is 13.8 Å². The SMILES string of the molecule is CCn1nc(C)c(Br)c1C(=O)N1CCCN(Cc2cccc(C)n2)CC1. The summed E-state index contributed by atoms with van der Waals surface area (Å²) < 4.78 is 2.61. The van der Waals surface area contributed by atoms with Crippen molar-refractivity contribution in [3.05, 3.63) is 45.4 Å². The molecule has 6 nitrogen and oxygen atoms in total. The van der Waals surface area contributed by atoms with E-state index in [1.54, 1.807) is 4.68 Å². The number of rotatable bonds is 4. The number of nitrogens with zero attached hydrogens (tertiary/aromatic N) is 5. The maximum Gasteiger partial charge on any atom is 0.273 e.